The standard InChI is InChI=1S/C16H15NO2/c1-11-3-6-14(7-4-11)19-16-9-13(10-17)5-8-15(16)12(2)18/h3-9,12,18H,1-2H3/t12-/m1/s1. The summed E-state index contributed by atoms with van der Waals surface area (Å²) >= 11 is 0. The highest BCUT2D eigenvalue weighted by atomic mass is 16.5. The molecule has 0 bridgehead atoms. The van der Waals surface area contributed by atoms with Gasteiger partial charge in [0.15, 0.2) is 0 Å². The van der Waals surface area contributed by atoms with Crippen LogP contribution in [0.25, 0.3) is 0 Å². The first-order valence-corrected chi connectivity index (χ1v) is 6.07. The van der Waals surface area contributed by atoms with Crippen molar-refractivity contribution in [2.75, 3.05) is 0 Å². The number of aliphatic hydroxyl groups is 1. The number of ether oxygens (including phenoxy) is 1. The van der Waals surface area contributed by atoms with Gasteiger partial charge in [0.1, 0.15) is 11.5 Å². The number of aliphatic hydroxyl groups excluding tert-OH is 1. The SMILES string of the molecule is Cc1ccc(Oc2cc(C#N)ccc2[C@@H](C)O)cc1. The molecule has 2 aromatic rings. The summed E-state index contributed by atoms with van der Waals surface area (Å²) in [5, 5.41) is 18.7. The van der Waals surface area contributed by atoms with Crippen LogP contribution in [0.1, 0.15) is 29.7 Å². The Balaban J connectivity index is 2.37. The van der Waals surface area contributed by atoms with E-state index in [1.165, 1.54) is 0 Å². The minimum Gasteiger partial charge on any atom is -0.457 e. The molecule has 1 N–H and O–H groups in total. The van der Waals surface area contributed by atoms with Crippen LogP contribution in [0.5, 0.6) is 11.5 Å². The molecule has 0 aliphatic heterocycles. The van der Waals surface area contributed by atoms with Gasteiger partial charge < -0.3 is 9.84 Å². The molecular weight excluding hydrogens is 238 g/mol. The Morgan fingerprint density at radius 1 is 1.16 bits per heavy atom. The second kappa shape index (κ2) is 5.55. The van der Waals surface area contributed by atoms with E-state index in [9.17, 15) is 5.11 Å². The minimum absolute atomic E-state index is 0.506. The predicted molar refractivity (Wildman–Crippen MR) is 73.0 cm³/mol. The van der Waals surface area contributed by atoms with Crippen molar-refractivity contribution in [3.63, 3.8) is 0 Å². The molecule has 19 heavy (non-hydrogen) atoms. The normalized spacial score (nSPS) is 11.7. The third-order valence-electron chi connectivity index (χ3n) is 2.84. The van der Waals surface area contributed by atoms with Crippen molar-refractivity contribution in [2.45, 2.75) is 20.0 Å². The highest BCUT2D eigenvalue weighted by Gasteiger charge is 2.11. The fraction of sp³-hybridized carbons (Fsp3) is 0.188. The van der Waals surface area contributed by atoms with Gasteiger partial charge in [0, 0.05) is 5.56 Å². The monoisotopic (exact) mass is 253 g/mol. The van der Waals surface area contributed by atoms with Crippen molar-refractivity contribution >= 4 is 0 Å². The topological polar surface area (TPSA) is 53.2 Å². The molecule has 0 heterocycles. The molecule has 0 saturated carbocycles. The lowest BCUT2D eigenvalue weighted by molar-refractivity contribution is 0.195. The van der Waals surface area contributed by atoms with Gasteiger partial charge in [-0.3, -0.25) is 0 Å². The first-order chi connectivity index (χ1) is 9.10. The van der Waals surface area contributed by atoms with E-state index >= 15 is 0 Å². The molecule has 0 saturated heterocycles. The summed E-state index contributed by atoms with van der Waals surface area (Å²) in [5.74, 6) is 1.19. The van der Waals surface area contributed by atoms with Gasteiger partial charge in [-0.15, -0.1) is 0 Å². The van der Waals surface area contributed by atoms with Crippen molar-refractivity contribution in [3.8, 4) is 17.6 Å². The number of nitrogens with zero attached hydrogens (tertiary/aromatic N) is 1. The molecule has 0 unspecified atom stereocenters. The fourth-order valence-corrected chi connectivity index (χ4v) is 1.77. The maximum Gasteiger partial charge on any atom is 0.134 e. The molecule has 3 heteroatoms. The summed E-state index contributed by atoms with van der Waals surface area (Å²) in [6, 6.07) is 14.7. The lowest BCUT2D eigenvalue weighted by Gasteiger charge is -2.13. The molecule has 0 aromatic heterocycles. The Hall–Kier alpha value is -2.31. The maximum atomic E-state index is 9.73. The first kappa shape index (κ1) is 13.1. The molecule has 0 aliphatic carbocycles. The maximum absolute atomic E-state index is 9.73. The number of benzene rings is 2. The number of aryl methyl sites for hydroxylation is 1. The summed E-state index contributed by atoms with van der Waals surface area (Å²) in [5.41, 5.74) is 2.32. The molecule has 2 rings (SSSR count). The van der Waals surface area contributed by atoms with Crippen molar-refractivity contribution in [1.82, 2.24) is 0 Å². The Labute approximate surface area is 112 Å². The third-order valence-corrected chi connectivity index (χ3v) is 2.84. The Bertz CT molecular complexity index is 610. The molecule has 1 atom stereocenters. The average molecular weight is 253 g/mol. The molecule has 0 fully saturated rings. The summed E-state index contributed by atoms with van der Waals surface area (Å²) in [4.78, 5) is 0. The molecule has 0 spiro atoms. The van der Waals surface area contributed by atoms with Gasteiger partial charge in [0.05, 0.1) is 17.7 Å². The van der Waals surface area contributed by atoms with Crippen molar-refractivity contribution < 1.29 is 9.84 Å². The molecule has 3 nitrogen and oxygen atoms in total. The molecule has 0 amide bonds. The van der Waals surface area contributed by atoms with Crippen molar-refractivity contribution in [3.05, 3.63) is 59.2 Å². The van der Waals surface area contributed by atoms with Crippen LogP contribution >= 0.6 is 0 Å². The van der Waals surface area contributed by atoms with Gasteiger partial charge in [-0.1, -0.05) is 23.8 Å². The Morgan fingerprint density at radius 3 is 2.42 bits per heavy atom. The zero-order valence-corrected chi connectivity index (χ0v) is 10.9. The summed E-state index contributed by atoms with van der Waals surface area (Å²) < 4.78 is 5.76. The lowest BCUT2D eigenvalue weighted by atomic mass is 10.1. The predicted octanol–water partition coefficient (Wildman–Crippen LogP) is 3.71. The summed E-state index contributed by atoms with van der Waals surface area (Å²) in [6.07, 6.45) is -0.645. The highest BCUT2D eigenvalue weighted by molar-refractivity contribution is 5.45. The molecule has 2 aromatic carbocycles. The van der Waals surface area contributed by atoms with E-state index in [0.717, 1.165) is 5.56 Å². The van der Waals surface area contributed by atoms with Crippen LogP contribution < -0.4 is 4.74 Å². The van der Waals surface area contributed by atoms with Gasteiger partial charge in [-0.05, 0) is 38.1 Å². The molecule has 96 valence electrons. The first-order valence-electron chi connectivity index (χ1n) is 6.07. The Kier molecular flexibility index (Phi) is 3.84. The van der Waals surface area contributed by atoms with E-state index in [4.69, 9.17) is 10.00 Å². The molecule has 0 aliphatic rings. The van der Waals surface area contributed by atoms with E-state index in [-0.39, 0.29) is 0 Å². The summed E-state index contributed by atoms with van der Waals surface area (Å²) in [6.45, 7) is 3.67. The number of rotatable bonds is 3. The highest BCUT2D eigenvalue weighted by Crippen LogP contribution is 2.30. The molecule has 0 radical (unpaired) electrons. The second-order valence-corrected chi connectivity index (χ2v) is 4.46. The van der Waals surface area contributed by atoms with E-state index in [1.807, 2.05) is 31.2 Å². The second-order valence-electron chi connectivity index (χ2n) is 4.46. The van der Waals surface area contributed by atoms with Crippen LogP contribution in [-0.2, 0) is 0 Å². The van der Waals surface area contributed by atoms with Gasteiger partial charge in [-0.25, -0.2) is 0 Å². The van der Waals surface area contributed by atoms with E-state index in [0.29, 0.717) is 22.6 Å². The quantitative estimate of drug-likeness (QED) is 0.907. The van der Waals surface area contributed by atoms with E-state index in [2.05, 4.69) is 6.07 Å². The van der Waals surface area contributed by atoms with Crippen LogP contribution in [0.4, 0.5) is 0 Å². The van der Waals surface area contributed by atoms with Crippen LogP contribution in [-0.4, -0.2) is 5.11 Å². The minimum atomic E-state index is -0.645. The number of hydrogen-bond acceptors (Lipinski definition) is 3. The van der Waals surface area contributed by atoms with Gasteiger partial charge >= 0.3 is 0 Å². The zero-order valence-electron chi connectivity index (χ0n) is 10.9. The van der Waals surface area contributed by atoms with Gasteiger partial charge in [-0.2, -0.15) is 5.26 Å². The van der Waals surface area contributed by atoms with Gasteiger partial charge in [0.2, 0.25) is 0 Å². The average Bonchev–Trinajstić information content (AvgIpc) is 2.41. The van der Waals surface area contributed by atoms with Gasteiger partial charge in [0.25, 0.3) is 0 Å². The lowest BCUT2D eigenvalue weighted by Crippen LogP contribution is -1.97. The van der Waals surface area contributed by atoms with Crippen LogP contribution in [0.2, 0.25) is 0 Å². The van der Waals surface area contributed by atoms with E-state index < -0.39 is 6.10 Å². The smallest absolute Gasteiger partial charge is 0.134 e. The number of hydrogen-bond donors (Lipinski definition) is 1. The Morgan fingerprint density at radius 2 is 1.84 bits per heavy atom. The largest absolute Gasteiger partial charge is 0.457 e. The third kappa shape index (κ3) is 3.12. The zero-order chi connectivity index (χ0) is 13.8. The van der Waals surface area contributed by atoms with Crippen molar-refractivity contribution in [1.29, 1.82) is 5.26 Å². The fourth-order valence-electron chi connectivity index (χ4n) is 1.77. The number of nitriles is 1. The van der Waals surface area contributed by atoms with Crippen LogP contribution in [0.3, 0.4) is 0 Å². The van der Waals surface area contributed by atoms with Crippen molar-refractivity contribution in [2.24, 2.45) is 0 Å². The molecular formula is C16H15NO2. The van der Waals surface area contributed by atoms with E-state index in [1.54, 1.807) is 25.1 Å². The van der Waals surface area contributed by atoms with Crippen LogP contribution in [0, 0.1) is 18.3 Å². The summed E-state index contributed by atoms with van der Waals surface area (Å²) in [7, 11) is 0. The van der Waals surface area contributed by atoms with Crippen LogP contribution in [0.15, 0.2) is 42.5 Å².